The maximum absolute atomic E-state index is 5.53. The zero-order valence-electron chi connectivity index (χ0n) is 12.6. The maximum Gasteiger partial charge on any atom is 0.120 e. The largest absolute Gasteiger partial charge is 0.494 e. The van der Waals surface area contributed by atoms with Crippen LogP contribution in [0.15, 0.2) is 40.9 Å². The van der Waals surface area contributed by atoms with Crippen LogP contribution >= 0.6 is 31.9 Å². The lowest BCUT2D eigenvalue weighted by atomic mass is 9.98. The summed E-state index contributed by atoms with van der Waals surface area (Å²) in [6.45, 7) is 6.99. The molecule has 0 fully saturated rings. The van der Waals surface area contributed by atoms with Crippen LogP contribution in [0, 0.1) is 13.8 Å². The van der Waals surface area contributed by atoms with Crippen molar-refractivity contribution in [3.05, 3.63) is 63.1 Å². The first-order valence-corrected chi connectivity index (χ1v) is 8.84. The quantitative estimate of drug-likeness (QED) is 0.536. The first kappa shape index (κ1) is 16.6. The Balaban J connectivity index is 2.20. The van der Waals surface area contributed by atoms with Gasteiger partial charge in [-0.2, -0.15) is 0 Å². The van der Waals surface area contributed by atoms with Crippen LogP contribution in [0.1, 0.15) is 34.0 Å². The van der Waals surface area contributed by atoms with Crippen molar-refractivity contribution < 1.29 is 4.74 Å². The van der Waals surface area contributed by atoms with Gasteiger partial charge in [-0.25, -0.2) is 0 Å². The highest BCUT2D eigenvalue weighted by molar-refractivity contribution is 9.11. The summed E-state index contributed by atoms with van der Waals surface area (Å²) in [6, 6.07) is 12.8. The molecule has 0 aliphatic heterocycles. The van der Waals surface area contributed by atoms with Gasteiger partial charge in [0.15, 0.2) is 0 Å². The Kier molecular flexibility index (Phi) is 5.88. The average Bonchev–Trinajstić information content (AvgIpc) is 2.43. The van der Waals surface area contributed by atoms with E-state index < -0.39 is 0 Å². The first-order valence-electron chi connectivity index (χ1n) is 7.13. The fourth-order valence-electron chi connectivity index (χ4n) is 2.34. The summed E-state index contributed by atoms with van der Waals surface area (Å²) in [6.07, 6.45) is 0.972. The molecular weight excluding hydrogens is 392 g/mol. The zero-order valence-corrected chi connectivity index (χ0v) is 15.8. The van der Waals surface area contributed by atoms with Crippen molar-refractivity contribution in [2.45, 2.75) is 32.0 Å². The van der Waals surface area contributed by atoms with E-state index in [4.69, 9.17) is 4.74 Å². The SMILES string of the molecule is CCOc1ccc(C(Br)Cc2cc(C)ccc2C)c(Br)c1. The van der Waals surface area contributed by atoms with Gasteiger partial charge in [0, 0.05) is 9.30 Å². The van der Waals surface area contributed by atoms with Crippen LogP contribution in [0.4, 0.5) is 0 Å². The molecular formula is C18H20Br2O. The van der Waals surface area contributed by atoms with Crippen molar-refractivity contribution in [1.29, 1.82) is 0 Å². The maximum atomic E-state index is 5.53. The van der Waals surface area contributed by atoms with Crippen molar-refractivity contribution in [3.8, 4) is 5.75 Å². The molecule has 0 saturated carbocycles. The van der Waals surface area contributed by atoms with Crippen molar-refractivity contribution >= 4 is 31.9 Å². The molecule has 1 atom stereocenters. The van der Waals surface area contributed by atoms with Crippen LogP contribution in [0.2, 0.25) is 0 Å². The molecule has 0 amide bonds. The number of alkyl halides is 1. The molecule has 1 nitrogen and oxygen atoms in total. The normalized spacial score (nSPS) is 12.2. The Morgan fingerprint density at radius 3 is 2.52 bits per heavy atom. The second-order valence-corrected chi connectivity index (χ2v) is 7.18. The Hall–Kier alpha value is -0.800. The number of rotatable bonds is 5. The van der Waals surface area contributed by atoms with E-state index >= 15 is 0 Å². The number of ether oxygens (including phenoxy) is 1. The Morgan fingerprint density at radius 2 is 1.86 bits per heavy atom. The third-order valence-corrected chi connectivity index (χ3v) is 5.03. The van der Waals surface area contributed by atoms with Gasteiger partial charge in [-0.1, -0.05) is 61.7 Å². The lowest BCUT2D eigenvalue weighted by Gasteiger charge is -2.15. The molecule has 0 aliphatic rings. The molecule has 0 radical (unpaired) electrons. The summed E-state index contributed by atoms with van der Waals surface area (Å²) in [7, 11) is 0. The van der Waals surface area contributed by atoms with Crippen LogP contribution in [-0.4, -0.2) is 6.61 Å². The highest BCUT2D eigenvalue weighted by Gasteiger charge is 2.14. The van der Waals surface area contributed by atoms with Gasteiger partial charge in [0.25, 0.3) is 0 Å². The highest BCUT2D eigenvalue weighted by atomic mass is 79.9. The van der Waals surface area contributed by atoms with Gasteiger partial charge in [-0.15, -0.1) is 0 Å². The number of hydrogen-bond donors (Lipinski definition) is 0. The molecule has 0 N–H and O–H groups in total. The number of benzene rings is 2. The lowest BCUT2D eigenvalue weighted by Crippen LogP contribution is -2.00. The molecule has 112 valence electrons. The van der Waals surface area contributed by atoms with E-state index in [2.05, 4.69) is 70.0 Å². The van der Waals surface area contributed by atoms with E-state index in [9.17, 15) is 0 Å². The van der Waals surface area contributed by atoms with E-state index in [0.29, 0.717) is 6.61 Å². The molecule has 0 bridgehead atoms. The van der Waals surface area contributed by atoms with Gasteiger partial charge in [-0.05, 0) is 56.0 Å². The summed E-state index contributed by atoms with van der Waals surface area (Å²) in [5.74, 6) is 0.902. The second kappa shape index (κ2) is 7.46. The van der Waals surface area contributed by atoms with Gasteiger partial charge < -0.3 is 4.74 Å². The summed E-state index contributed by atoms with van der Waals surface area (Å²) in [5.41, 5.74) is 5.28. The summed E-state index contributed by atoms with van der Waals surface area (Å²) < 4.78 is 6.61. The molecule has 2 aromatic rings. The van der Waals surface area contributed by atoms with E-state index in [-0.39, 0.29) is 4.83 Å². The molecule has 0 aliphatic carbocycles. The molecule has 1 unspecified atom stereocenters. The molecule has 21 heavy (non-hydrogen) atoms. The predicted octanol–water partition coefficient (Wildman–Crippen LogP) is 6.14. The Bertz CT molecular complexity index is 623. The van der Waals surface area contributed by atoms with Crippen LogP contribution in [-0.2, 0) is 6.42 Å². The highest BCUT2D eigenvalue weighted by Crippen LogP contribution is 2.35. The second-order valence-electron chi connectivity index (χ2n) is 5.22. The van der Waals surface area contributed by atoms with Gasteiger partial charge >= 0.3 is 0 Å². The van der Waals surface area contributed by atoms with E-state index in [1.165, 1.54) is 22.3 Å². The molecule has 2 aromatic carbocycles. The Labute approximate surface area is 144 Å². The van der Waals surface area contributed by atoms with Crippen molar-refractivity contribution in [2.24, 2.45) is 0 Å². The summed E-state index contributed by atoms with van der Waals surface area (Å²) in [4.78, 5) is 0.281. The summed E-state index contributed by atoms with van der Waals surface area (Å²) in [5, 5.41) is 0. The zero-order chi connectivity index (χ0) is 15.4. The molecule has 0 heterocycles. The topological polar surface area (TPSA) is 9.23 Å². The minimum Gasteiger partial charge on any atom is -0.494 e. The fourth-order valence-corrected chi connectivity index (χ4v) is 4.03. The van der Waals surface area contributed by atoms with Crippen LogP contribution in [0.3, 0.4) is 0 Å². The standard InChI is InChI=1S/C18H20Br2O/c1-4-21-15-7-8-16(18(20)11-15)17(19)10-14-9-12(2)5-6-13(14)3/h5-9,11,17H,4,10H2,1-3H3. The van der Waals surface area contributed by atoms with Crippen LogP contribution < -0.4 is 4.74 Å². The molecule has 0 aromatic heterocycles. The molecule has 0 saturated heterocycles. The number of hydrogen-bond acceptors (Lipinski definition) is 1. The van der Waals surface area contributed by atoms with Gasteiger partial charge in [-0.3, -0.25) is 0 Å². The third kappa shape index (κ3) is 4.33. The van der Waals surface area contributed by atoms with E-state index in [1.807, 2.05) is 19.1 Å². The minimum atomic E-state index is 0.281. The Morgan fingerprint density at radius 1 is 1.10 bits per heavy atom. The monoisotopic (exact) mass is 410 g/mol. The minimum absolute atomic E-state index is 0.281. The summed E-state index contributed by atoms with van der Waals surface area (Å²) >= 11 is 7.48. The fraction of sp³-hybridized carbons (Fsp3) is 0.333. The van der Waals surface area contributed by atoms with Gasteiger partial charge in [0.2, 0.25) is 0 Å². The predicted molar refractivity (Wildman–Crippen MR) is 96.6 cm³/mol. The van der Waals surface area contributed by atoms with Crippen molar-refractivity contribution in [2.75, 3.05) is 6.61 Å². The third-order valence-electron chi connectivity index (χ3n) is 3.52. The van der Waals surface area contributed by atoms with Crippen molar-refractivity contribution in [3.63, 3.8) is 0 Å². The van der Waals surface area contributed by atoms with Crippen LogP contribution in [0.25, 0.3) is 0 Å². The molecule has 0 spiro atoms. The smallest absolute Gasteiger partial charge is 0.120 e. The number of aryl methyl sites for hydroxylation is 2. The van der Waals surface area contributed by atoms with Crippen molar-refractivity contribution in [1.82, 2.24) is 0 Å². The van der Waals surface area contributed by atoms with E-state index in [0.717, 1.165) is 16.6 Å². The molecule has 3 heteroatoms. The average molecular weight is 412 g/mol. The van der Waals surface area contributed by atoms with Gasteiger partial charge in [0.1, 0.15) is 5.75 Å². The van der Waals surface area contributed by atoms with E-state index in [1.54, 1.807) is 0 Å². The lowest BCUT2D eigenvalue weighted by molar-refractivity contribution is 0.340. The first-order chi connectivity index (χ1) is 10.0. The van der Waals surface area contributed by atoms with Gasteiger partial charge in [0.05, 0.1) is 6.61 Å². The van der Waals surface area contributed by atoms with Crippen LogP contribution in [0.5, 0.6) is 5.75 Å². The molecule has 2 rings (SSSR count). The number of halogens is 2.